The molecule has 142 valence electrons. The number of hydrogen-bond acceptors (Lipinski definition) is 7. The molecule has 1 aliphatic carbocycles. The quantitative estimate of drug-likeness (QED) is 0.525. The van der Waals surface area contributed by atoms with Crippen LogP contribution in [0.1, 0.15) is 32.4 Å². The Balaban J connectivity index is 1.69. The largest absolute Gasteiger partial charge is 0.366 e. The smallest absolute Gasteiger partial charge is 0.230 e. The minimum absolute atomic E-state index is 0.350. The van der Waals surface area contributed by atoms with Crippen molar-refractivity contribution < 1.29 is 0 Å². The van der Waals surface area contributed by atoms with Crippen molar-refractivity contribution in [1.29, 1.82) is 0 Å². The lowest BCUT2D eigenvalue weighted by Gasteiger charge is -2.25. The molecule has 0 bridgehead atoms. The van der Waals surface area contributed by atoms with E-state index in [4.69, 9.17) is 23.5 Å². The molecule has 0 spiro atoms. The molecule has 3 aromatic rings. The molecule has 1 saturated carbocycles. The van der Waals surface area contributed by atoms with Gasteiger partial charge in [0, 0.05) is 18.3 Å². The molecular weight excluding hydrogens is 431 g/mol. The molecule has 9 nitrogen and oxygen atoms in total. The summed E-state index contributed by atoms with van der Waals surface area (Å²) in [7, 11) is 17.8. The number of nitrogens with one attached hydrogen (secondary N) is 2. The van der Waals surface area contributed by atoms with Gasteiger partial charge in [-0.3, -0.25) is 4.68 Å². The van der Waals surface area contributed by atoms with E-state index in [1.54, 1.807) is 29.5 Å². The van der Waals surface area contributed by atoms with Crippen molar-refractivity contribution in [3.8, 4) is 0 Å². The number of aromatic nitrogens is 7. The highest BCUT2D eigenvalue weighted by atomic mass is 79.9. The number of halogens is 1. The Morgan fingerprint density at radius 2 is 1.86 bits per heavy atom. The summed E-state index contributed by atoms with van der Waals surface area (Å²) in [4.78, 5) is 10.4. The predicted molar refractivity (Wildman–Crippen MR) is 116 cm³/mol. The Hall–Kier alpha value is -2.30. The van der Waals surface area contributed by atoms with E-state index in [0.717, 1.165) is 17.3 Å². The molecule has 0 atom stereocenters. The minimum atomic E-state index is -1.74. The zero-order chi connectivity index (χ0) is 20.8. The summed E-state index contributed by atoms with van der Waals surface area (Å²) in [5.41, 5.74) is -0.0641. The first-order valence-electron chi connectivity index (χ1n) is 9.05. The first kappa shape index (κ1) is 20.0. The van der Waals surface area contributed by atoms with Gasteiger partial charge >= 0.3 is 0 Å². The minimum Gasteiger partial charge on any atom is -0.366 e. The molecule has 0 unspecified atom stereocenters. The average Bonchev–Trinajstić information content (AvgIpc) is 3.11. The third-order valence-corrected chi connectivity index (χ3v) is 5.10. The molecule has 3 heterocycles. The second-order valence-corrected chi connectivity index (χ2v) is 8.38. The molecule has 0 saturated heterocycles. The molecule has 1 aliphatic rings. The first-order valence-corrected chi connectivity index (χ1v) is 9.84. The van der Waals surface area contributed by atoms with Gasteiger partial charge < -0.3 is 10.6 Å². The Bertz CT molecular complexity index is 1010. The number of anilines is 3. The van der Waals surface area contributed by atoms with Crippen LogP contribution in [0.4, 0.5) is 17.6 Å². The van der Waals surface area contributed by atoms with Gasteiger partial charge in [-0.05, 0) is 47.9 Å². The fourth-order valence-electron chi connectivity index (χ4n) is 2.74. The summed E-state index contributed by atoms with van der Waals surface area (Å²) in [6, 6.07) is 2.21. The van der Waals surface area contributed by atoms with Crippen LogP contribution in [0.2, 0.25) is 0 Å². The van der Waals surface area contributed by atoms with Crippen LogP contribution < -0.4 is 10.6 Å². The fraction of sp³-hybridized carbons (Fsp3) is 0.438. The van der Waals surface area contributed by atoms with Crippen LogP contribution in [0, 0.1) is 0 Å². The van der Waals surface area contributed by atoms with Crippen molar-refractivity contribution in [1.82, 2.24) is 34.7 Å². The van der Waals surface area contributed by atoms with E-state index in [9.17, 15) is 0 Å². The van der Waals surface area contributed by atoms with E-state index >= 15 is 0 Å². The summed E-state index contributed by atoms with van der Waals surface area (Å²) in [6.07, 6.45) is 7.12. The molecule has 3 aromatic heterocycles. The molecule has 0 aromatic carbocycles. The van der Waals surface area contributed by atoms with Gasteiger partial charge in [0.05, 0.1) is 46.1 Å². The Labute approximate surface area is 180 Å². The molecule has 2 N–H and O–H groups in total. The zero-order valence-corrected chi connectivity index (χ0v) is 17.6. The number of rotatable bonds is 7. The van der Waals surface area contributed by atoms with E-state index in [1.807, 2.05) is 13.8 Å². The lowest BCUT2D eigenvalue weighted by Crippen LogP contribution is -2.38. The van der Waals surface area contributed by atoms with E-state index in [2.05, 4.69) is 51.8 Å². The van der Waals surface area contributed by atoms with Crippen LogP contribution in [0.5, 0.6) is 0 Å². The predicted octanol–water partition coefficient (Wildman–Crippen LogP) is 1.20. The highest BCUT2D eigenvalue weighted by molar-refractivity contribution is 9.10. The van der Waals surface area contributed by atoms with Crippen molar-refractivity contribution in [3.63, 3.8) is 0 Å². The second kappa shape index (κ2) is 7.19. The molecular formula is C16H17B3BrN9. The molecule has 1 fully saturated rings. The van der Waals surface area contributed by atoms with Gasteiger partial charge in [0.15, 0.2) is 0 Å². The number of nitrogens with zero attached hydrogens (tertiary/aromatic N) is 7. The van der Waals surface area contributed by atoms with Crippen LogP contribution in [-0.2, 0) is 10.8 Å². The molecule has 6 radical (unpaired) electrons. The average molecular weight is 448 g/mol. The van der Waals surface area contributed by atoms with Gasteiger partial charge in [-0.2, -0.15) is 25.1 Å². The fourth-order valence-corrected chi connectivity index (χ4v) is 3.04. The maximum absolute atomic E-state index is 5.93. The first-order chi connectivity index (χ1) is 13.6. The van der Waals surface area contributed by atoms with Crippen LogP contribution in [0.15, 0.2) is 29.1 Å². The molecule has 0 aliphatic heterocycles. The van der Waals surface area contributed by atoms with Crippen LogP contribution in [0.3, 0.4) is 0 Å². The summed E-state index contributed by atoms with van der Waals surface area (Å²) >= 11 is 3.46. The molecule has 0 amide bonds. The summed E-state index contributed by atoms with van der Waals surface area (Å²) in [5.74, 6) is 1.49. The van der Waals surface area contributed by atoms with Crippen LogP contribution >= 0.6 is 15.9 Å². The molecule has 29 heavy (non-hydrogen) atoms. The van der Waals surface area contributed by atoms with E-state index in [0.29, 0.717) is 29.3 Å². The van der Waals surface area contributed by atoms with Gasteiger partial charge in [-0.1, -0.05) is 0 Å². The lowest BCUT2D eigenvalue weighted by molar-refractivity contribution is 0.331. The summed E-state index contributed by atoms with van der Waals surface area (Å²) < 4.78 is 2.06. The normalized spacial score (nSPS) is 14.7. The van der Waals surface area contributed by atoms with Gasteiger partial charge in [0.25, 0.3) is 0 Å². The van der Waals surface area contributed by atoms with Gasteiger partial charge in [-0.25, -0.2) is 4.98 Å². The van der Waals surface area contributed by atoms with Crippen molar-refractivity contribution in [2.45, 2.75) is 43.5 Å². The third kappa shape index (κ3) is 4.19. The van der Waals surface area contributed by atoms with Crippen molar-refractivity contribution in [2.75, 3.05) is 10.6 Å². The van der Waals surface area contributed by atoms with E-state index in [-0.39, 0.29) is 0 Å². The maximum Gasteiger partial charge on any atom is 0.230 e. The maximum atomic E-state index is 5.93. The highest BCUT2D eigenvalue weighted by Crippen LogP contribution is 2.31. The summed E-state index contributed by atoms with van der Waals surface area (Å²) in [5, 5.41) is 17.6. The molecule has 4 rings (SSSR count). The van der Waals surface area contributed by atoms with Gasteiger partial charge in [0.2, 0.25) is 5.95 Å². The van der Waals surface area contributed by atoms with E-state index in [1.165, 1.54) is 4.68 Å². The van der Waals surface area contributed by atoms with E-state index < -0.39 is 10.8 Å². The lowest BCUT2D eigenvalue weighted by atomic mass is 9.49. The van der Waals surface area contributed by atoms with Crippen molar-refractivity contribution in [2.24, 2.45) is 0 Å². The molecule has 13 heteroatoms. The van der Waals surface area contributed by atoms with Crippen molar-refractivity contribution >= 4 is 57.1 Å². The topological polar surface area (TPSA) is 98.4 Å². The highest BCUT2D eigenvalue weighted by Gasteiger charge is 2.31. The SMILES string of the molecule is [B]C([B])([B])n1nc(C(C)(C)n2nccn2)cc1Nc1ncc(Br)c(NC2CC2)n1. The van der Waals surface area contributed by atoms with Gasteiger partial charge in [-0.15, -0.1) is 0 Å². The van der Waals surface area contributed by atoms with Crippen LogP contribution in [-0.4, -0.2) is 64.3 Å². The van der Waals surface area contributed by atoms with Crippen molar-refractivity contribution in [3.05, 3.63) is 34.8 Å². The summed E-state index contributed by atoms with van der Waals surface area (Å²) in [6.45, 7) is 3.84. The third-order valence-electron chi connectivity index (χ3n) is 4.52. The Morgan fingerprint density at radius 1 is 1.17 bits per heavy atom. The number of hydrogen-bond donors (Lipinski definition) is 2. The standard InChI is InChI=1S/C16H17B3BrN9/c1-15(2,29-22-5-6-23-29)11-7-12(28(27-11)16(17,18)19)25-14-21-8-10(20)13(26-14)24-9-3-4-9/h5-9H,3-4H2,1-2H3,(H2,21,24,25,26). The van der Waals surface area contributed by atoms with Gasteiger partial charge in [0.1, 0.15) is 17.2 Å². The Morgan fingerprint density at radius 3 is 2.48 bits per heavy atom. The second-order valence-electron chi connectivity index (χ2n) is 7.53. The van der Waals surface area contributed by atoms with Crippen LogP contribution in [0.25, 0.3) is 0 Å². The Kier molecular flexibility index (Phi) is 4.96. The monoisotopic (exact) mass is 447 g/mol. The zero-order valence-electron chi connectivity index (χ0n) is 16.0.